The molecule has 3 unspecified atom stereocenters. The smallest absolute Gasteiger partial charge is 0.255 e. The van der Waals surface area contributed by atoms with Crippen LogP contribution in [0.3, 0.4) is 0 Å². The van der Waals surface area contributed by atoms with Gasteiger partial charge in [0.2, 0.25) is 5.91 Å². The molecule has 2 heterocycles. The van der Waals surface area contributed by atoms with Crippen LogP contribution in [0, 0.1) is 5.92 Å². The Morgan fingerprint density at radius 2 is 1.79 bits per heavy atom. The summed E-state index contributed by atoms with van der Waals surface area (Å²) in [6.07, 6.45) is 0.883. The summed E-state index contributed by atoms with van der Waals surface area (Å²) in [5.41, 5.74) is 3.63. The maximum Gasteiger partial charge on any atom is 0.255 e. The third-order valence-electron chi connectivity index (χ3n) is 6.31. The molecule has 3 atom stereocenters. The molecule has 0 aromatic heterocycles. The van der Waals surface area contributed by atoms with Crippen molar-refractivity contribution in [2.24, 2.45) is 5.92 Å². The Kier molecular flexibility index (Phi) is 6.65. The summed E-state index contributed by atoms with van der Waals surface area (Å²) in [6, 6.07) is 12.1. The summed E-state index contributed by atoms with van der Waals surface area (Å²) in [5, 5.41) is 12.0. The molecule has 4 N–H and O–H groups in total. The Bertz CT molecular complexity index is 1050. The largest absolute Gasteiger partial charge is 0.373 e. The summed E-state index contributed by atoms with van der Waals surface area (Å²) in [6.45, 7) is 4.27. The first kappa shape index (κ1) is 22.8. The molecule has 0 radical (unpaired) electrons. The average Bonchev–Trinajstić information content (AvgIpc) is 3.19. The first-order chi connectivity index (χ1) is 15.8. The number of hydrogen-bond acceptors (Lipinski definition) is 5. The molecular weight excluding hydrogens is 418 g/mol. The molecule has 3 amide bonds. The molecule has 0 saturated carbocycles. The lowest BCUT2D eigenvalue weighted by Gasteiger charge is -2.31. The number of amides is 3. The van der Waals surface area contributed by atoms with Crippen molar-refractivity contribution in [1.82, 2.24) is 15.5 Å². The standard InChI is InChI=1S/C25H31N5O3/c1-15-14-27-25(33)22-21(15)19-13-17(7-10-20(19)29-22)24(32)28-18-8-5-16(6-9-18)23(31)26-11-4-12-30(2)3/h5-10,13,15,21-22,29H,4,11-12,14H2,1-3H3,(H,26,31)(H,27,33)(H,28,32). The van der Waals surface area contributed by atoms with Gasteiger partial charge in [-0.3, -0.25) is 14.4 Å². The zero-order chi connectivity index (χ0) is 23.5. The van der Waals surface area contributed by atoms with Gasteiger partial charge >= 0.3 is 0 Å². The van der Waals surface area contributed by atoms with E-state index in [0.29, 0.717) is 29.9 Å². The van der Waals surface area contributed by atoms with Gasteiger partial charge in [0, 0.05) is 41.5 Å². The van der Waals surface area contributed by atoms with Gasteiger partial charge in [0.25, 0.3) is 11.8 Å². The van der Waals surface area contributed by atoms with Gasteiger partial charge in [-0.25, -0.2) is 0 Å². The predicted molar refractivity (Wildman–Crippen MR) is 129 cm³/mol. The van der Waals surface area contributed by atoms with Crippen molar-refractivity contribution in [3.05, 3.63) is 59.2 Å². The van der Waals surface area contributed by atoms with E-state index in [1.54, 1.807) is 30.3 Å². The third kappa shape index (κ3) is 5.01. The van der Waals surface area contributed by atoms with E-state index in [9.17, 15) is 14.4 Å². The molecule has 2 aromatic rings. The molecule has 0 aliphatic carbocycles. The first-order valence-corrected chi connectivity index (χ1v) is 11.4. The Hall–Kier alpha value is -3.39. The van der Waals surface area contributed by atoms with Crippen molar-refractivity contribution >= 4 is 29.1 Å². The van der Waals surface area contributed by atoms with Gasteiger partial charge in [0.05, 0.1) is 0 Å². The molecule has 2 aliphatic rings. The van der Waals surface area contributed by atoms with E-state index in [0.717, 1.165) is 24.2 Å². The van der Waals surface area contributed by atoms with Crippen LogP contribution < -0.4 is 21.3 Å². The number of anilines is 2. The van der Waals surface area contributed by atoms with Gasteiger partial charge in [0.15, 0.2) is 0 Å². The van der Waals surface area contributed by atoms with Crippen LogP contribution in [0.2, 0.25) is 0 Å². The van der Waals surface area contributed by atoms with Gasteiger partial charge in [0.1, 0.15) is 6.04 Å². The molecule has 33 heavy (non-hydrogen) atoms. The van der Waals surface area contributed by atoms with Crippen LogP contribution in [0.4, 0.5) is 11.4 Å². The van der Waals surface area contributed by atoms with Crippen molar-refractivity contribution in [2.45, 2.75) is 25.3 Å². The maximum absolute atomic E-state index is 12.9. The summed E-state index contributed by atoms with van der Waals surface area (Å²) >= 11 is 0. The van der Waals surface area contributed by atoms with Crippen LogP contribution in [0.25, 0.3) is 0 Å². The SMILES string of the molecule is CC1CNC(=O)C2Nc3ccc(C(=O)Nc4ccc(C(=O)NCCCN(C)C)cc4)cc3C12. The van der Waals surface area contributed by atoms with E-state index < -0.39 is 0 Å². The molecule has 4 rings (SSSR count). The van der Waals surface area contributed by atoms with Crippen LogP contribution in [0.15, 0.2) is 42.5 Å². The minimum absolute atomic E-state index is 0.00197. The molecule has 1 saturated heterocycles. The number of carbonyl (C=O) groups excluding carboxylic acids is 3. The summed E-state index contributed by atoms with van der Waals surface area (Å²) in [5.74, 6) is -0.0199. The van der Waals surface area contributed by atoms with Crippen LogP contribution >= 0.6 is 0 Å². The summed E-state index contributed by atoms with van der Waals surface area (Å²) in [7, 11) is 4.00. The topological polar surface area (TPSA) is 103 Å². The second-order valence-corrected chi connectivity index (χ2v) is 9.12. The number of carbonyl (C=O) groups is 3. The molecule has 174 valence electrons. The highest BCUT2D eigenvalue weighted by Crippen LogP contribution is 2.42. The third-order valence-corrected chi connectivity index (χ3v) is 6.31. The lowest BCUT2D eigenvalue weighted by molar-refractivity contribution is -0.124. The minimum atomic E-state index is -0.288. The van der Waals surface area contributed by atoms with E-state index in [4.69, 9.17) is 0 Å². The fourth-order valence-electron chi connectivity index (χ4n) is 4.52. The zero-order valence-corrected chi connectivity index (χ0v) is 19.3. The number of nitrogens with zero attached hydrogens (tertiary/aromatic N) is 1. The molecule has 1 fully saturated rings. The number of rotatable bonds is 7. The van der Waals surface area contributed by atoms with Crippen LogP contribution in [0.1, 0.15) is 45.5 Å². The Labute approximate surface area is 194 Å². The summed E-state index contributed by atoms with van der Waals surface area (Å²) in [4.78, 5) is 39.5. The number of nitrogens with one attached hydrogen (secondary N) is 4. The highest BCUT2D eigenvalue weighted by atomic mass is 16.2. The van der Waals surface area contributed by atoms with E-state index in [2.05, 4.69) is 33.1 Å². The van der Waals surface area contributed by atoms with Crippen molar-refractivity contribution in [2.75, 3.05) is 44.4 Å². The molecule has 8 heteroatoms. The second kappa shape index (κ2) is 9.62. The summed E-state index contributed by atoms with van der Waals surface area (Å²) < 4.78 is 0. The lowest BCUT2D eigenvalue weighted by Crippen LogP contribution is -2.49. The van der Waals surface area contributed by atoms with Crippen molar-refractivity contribution < 1.29 is 14.4 Å². The maximum atomic E-state index is 12.9. The van der Waals surface area contributed by atoms with Crippen molar-refractivity contribution in [1.29, 1.82) is 0 Å². The zero-order valence-electron chi connectivity index (χ0n) is 19.3. The predicted octanol–water partition coefficient (Wildman–Crippen LogP) is 2.26. The molecule has 2 aliphatic heterocycles. The van der Waals surface area contributed by atoms with Gasteiger partial charge in [-0.1, -0.05) is 6.92 Å². The highest BCUT2D eigenvalue weighted by Gasteiger charge is 2.43. The average molecular weight is 450 g/mol. The first-order valence-electron chi connectivity index (χ1n) is 11.4. The van der Waals surface area contributed by atoms with E-state index in [-0.39, 0.29) is 35.6 Å². The Balaban J connectivity index is 1.38. The molecule has 8 nitrogen and oxygen atoms in total. The van der Waals surface area contributed by atoms with E-state index in [1.807, 2.05) is 26.2 Å². The molecular formula is C25H31N5O3. The van der Waals surface area contributed by atoms with Gasteiger partial charge < -0.3 is 26.2 Å². The normalized spacial score (nSPS) is 21.0. The molecule has 0 spiro atoms. The second-order valence-electron chi connectivity index (χ2n) is 9.12. The van der Waals surface area contributed by atoms with Crippen LogP contribution in [0.5, 0.6) is 0 Å². The highest BCUT2D eigenvalue weighted by molar-refractivity contribution is 6.05. The fourth-order valence-corrected chi connectivity index (χ4v) is 4.52. The van der Waals surface area contributed by atoms with Crippen molar-refractivity contribution in [3.63, 3.8) is 0 Å². The Morgan fingerprint density at radius 1 is 1.06 bits per heavy atom. The van der Waals surface area contributed by atoms with Crippen LogP contribution in [-0.4, -0.2) is 62.4 Å². The van der Waals surface area contributed by atoms with Crippen LogP contribution in [-0.2, 0) is 4.79 Å². The minimum Gasteiger partial charge on any atom is -0.373 e. The lowest BCUT2D eigenvalue weighted by atomic mass is 9.80. The number of benzene rings is 2. The number of hydrogen-bond donors (Lipinski definition) is 4. The van der Waals surface area contributed by atoms with E-state index >= 15 is 0 Å². The molecule has 0 bridgehead atoms. The fraction of sp³-hybridized carbons (Fsp3) is 0.400. The van der Waals surface area contributed by atoms with Gasteiger partial charge in [-0.05, 0) is 81.0 Å². The van der Waals surface area contributed by atoms with Crippen molar-refractivity contribution in [3.8, 4) is 0 Å². The monoisotopic (exact) mass is 449 g/mol. The van der Waals surface area contributed by atoms with E-state index in [1.165, 1.54) is 0 Å². The number of fused-ring (bicyclic) bond motifs is 3. The Morgan fingerprint density at radius 3 is 2.52 bits per heavy atom. The van der Waals surface area contributed by atoms with Gasteiger partial charge in [-0.15, -0.1) is 0 Å². The quantitative estimate of drug-likeness (QED) is 0.486. The number of piperidine rings is 1. The van der Waals surface area contributed by atoms with Gasteiger partial charge in [-0.2, -0.15) is 0 Å². The molecule has 2 aromatic carbocycles.